The molecule has 0 fully saturated rings. The van der Waals surface area contributed by atoms with Gasteiger partial charge in [-0.05, 0) is 19.3 Å². The summed E-state index contributed by atoms with van der Waals surface area (Å²) in [6, 6.07) is 0. The predicted molar refractivity (Wildman–Crippen MR) is 56.5 cm³/mol. The second-order valence-electron chi connectivity index (χ2n) is 2.66. The van der Waals surface area contributed by atoms with Crippen molar-refractivity contribution < 1.29 is 18.2 Å². The summed E-state index contributed by atoms with van der Waals surface area (Å²) < 4.78 is 27.6. The Kier molecular flexibility index (Phi) is 10.1. The summed E-state index contributed by atoms with van der Waals surface area (Å²) >= 11 is 0. The van der Waals surface area contributed by atoms with Crippen LogP contribution in [0.4, 0.5) is 0 Å². The van der Waals surface area contributed by atoms with Gasteiger partial charge in [0.2, 0.25) is 0 Å². The smallest absolute Gasteiger partial charge is 0.264 e. The van der Waals surface area contributed by atoms with Crippen molar-refractivity contribution in [1.82, 2.24) is 0 Å². The molecular weight excluding hydrogens is 206 g/mol. The van der Waals surface area contributed by atoms with Crippen LogP contribution in [-0.2, 0) is 10.1 Å². The Hall–Kier alpha value is -0.620. The van der Waals surface area contributed by atoms with Crippen LogP contribution >= 0.6 is 0 Å². The lowest BCUT2D eigenvalue weighted by atomic mass is 10.2. The van der Waals surface area contributed by atoms with Crippen molar-refractivity contribution in [3.63, 3.8) is 0 Å². The van der Waals surface area contributed by atoms with Gasteiger partial charge < -0.3 is 5.21 Å². The van der Waals surface area contributed by atoms with Gasteiger partial charge >= 0.3 is 0 Å². The fourth-order valence-corrected chi connectivity index (χ4v) is 1.17. The van der Waals surface area contributed by atoms with Crippen LogP contribution in [0.3, 0.4) is 0 Å². The zero-order chi connectivity index (χ0) is 11.6. The Morgan fingerprint density at radius 1 is 1.21 bits per heavy atom. The van der Waals surface area contributed by atoms with E-state index in [-0.39, 0.29) is 5.75 Å². The molecule has 0 aliphatic rings. The van der Waals surface area contributed by atoms with Gasteiger partial charge in [-0.15, -0.1) is 0 Å². The van der Waals surface area contributed by atoms with Crippen molar-refractivity contribution in [2.24, 2.45) is 5.16 Å². The van der Waals surface area contributed by atoms with Gasteiger partial charge in [0.1, 0.15) is 0 Å². The largest absolute Gasteiger partial charge is 0.411 e. The standard InChI is InChI=1S/C5H11NO.C3H8O3S/c1-3-5(4-2)6-7;1-2-3-7(4,5)6/h7H,3-4H2,1-2H3;2-3H2,1H3,(H,4,5,6). The summed E-state index contributed by atoms with van der Waals surface area (Å²) in [5, 5.41) is 11.2. The highest BCUT2D eigenvalue weighted by atomic mass is 32.2. The van der Waals surface area contributed by atoms with Crippen molar-refractivity contribution in [3.05, 3.63) is 0 Å². The molecule has 0 bridgehead atoms. The highest BCUT2D eigenvalue weighted by Crippen LogP contribution is 1.88. The van der Waals surface area contributed by atoms with Crippen molar-refractivity contribution in [3.8, 4) is 0 Å². The molecule has 0 aromatic heterocycles. The first-order valence-electron chi connectivity index (χ1n) is 4.56. The second kappa shape index (κ2) is 8.96. The van der Waals surface area contributed by atoms with E-state index in [9.17, 15) is 8.42 Å². The Labute approximate surface area is 85.6 Å². The Balaban J connectivity index is 0. The Morgan fingerprint density at radius 2 is 1.64 bits per heavy atom. The third kappa shape index (κ3) is 13.9. The topological polar surface area (TPSA) is 87.0 Å². The van der Waals surface area contributed by atoms with Gasteiger partial charge in [-0.3, -0.25) is 4.55 Å². The summed E-state index contributed by atoms with van der Waals surface area (Å²) in [6.07, 6.45) is 2.18. The zero-order valence-corrected chi connectivity index (χ0v) is 9.71. The van der Waals surface area contributed by atoms with E-state index in [1.807, 2.05) is 13.8 Å². The van der Waals surface area contributed by atoms with E-state index in [1.165, 1.54) is 0 Å². The minimum Gasteiger partial charge on any atom is -0.411 e. The predicted octanol–water partition coefficient (Wildman–Crippen LogP) is 1.92. The molecule has 0 saturated heterocycles. The van der Waals surface area contributed by atoms with Gasteiger partial charge in [-0.1, -0.05) is 25.9 Å². The molecule has 0 spiro atoms. The molecule has 6 heteroatoms. The van der Waals surface area contributed by atoms with E-state index in [1.54, 1.807) is 6.92 Å². The molecular formula is C8H19NO4S. The minimum absolute atomic E-state index is 0.132. The average Bonchev–Trinajstić information content (AvgIpc) is 2.06. The van der Waals surface area contributed by atoms with Crippen LogP contribution in [-0.4, -0.2) is 29.6 Å². The van der Waals surface area contributed by atoms with Gasteiger partial charge in [0, 0.05) is 0 Å². The molecule has 0 saturated carbocycles. The molecule has 0 radical (unpaired) electrons. The molecule has 0 unspecified atom stereocenters. The zero-order valence-electron chi connectivity index (χ0n) is 8.89. The van der Waals surface area contributed by atoms with Crippen LogP contribution in [0.5, 0.6) is 0 Å². The van der Waals surface area contributed by atoms with Crippen molar-refractivity contribution >= 4 is 15.8 Å². The van der Waals surface area contributed by atoms with Gasteiger partial charge in [-0.25, -0.2) is 0 Å². The Morgan fingerprint density at radius 3 is 1.64 bits per heavy atom. The van der Waals surface area contributed by atoms with Crippen LogP contribution < -0.4 is 0 Å². The lowest BCUT2D eigenvalue weighted by Crippen LogP contribution is -2.01. The van der Waals surface area contributed by atoms with Gasteiger partial charge in [-0.2, -0.15) is 8.42 Å². The van der Waals surface area contributed by atoms with Crippen molar-refractivity contribution in [2.45, 2.75) is 40.0 Å². The van der Waals surface area contributed by atoms with Gasteiger partial charge in [0.05, 0.1) is 11.5 Å². The molecule has 0 aromatic rings. The van der Waals surface area contributed by atoms with E-state index in [0.717, 1.165) is 18.6 Å². The normalized spacial score (nSPS) is 10.0. The summed E-state index contributed by atoms with van der Waals surface area (Å²) in [6.45, 7) is 5.63. The van der Waals surface area contributed by atoms with Crippen LogP contribution in [0.25, 0.3) is 0 Å². The summed E-state index contributed by atoms with van der Waals surface area (Å²) in [7, 11) is -3.67. The molecule has 0 aromatic carbocycles. The number of hydrogen-bond acceptors (Lipinski definition) is 4. The molecule has 0 aliphatic carbocycles. The van der Waals surface area contributed by atoms with Gasteiger partial charge in [0.25, 0.3) is 10.1 Å². The first-order valence-corrected chi connectivity index (χ1v) is 6.17. The maximum Gasteiger partial charge on any atom is 0.264 e. The number of rotatable bonds is 4. The second-order valence-corrected chi connectivity index (χ2v) is 4.23. The van der Waals surface area contributed by atoms with Crippen molar-refractivity contribution in [2.75, 3.05) is 5.75 Å². The quantitative estimate of drug-likeness (QED) is 0.331. The van der Waals surface area contributed by atoms with Crippen LogP contribution in [0.2, 0.25) is 0 Å². The Bertz CT molecular complexity index is 240. The minimum atomic E-state index is -3.67. The van der Waals surface area contributed by atoms with Crippen LogP contribution in [0, 0.1) is 0 Å². The molecule has 0 heterocycles. The maximum absolute atomic E-state index is 9.79. The van der Waals surface area contributed by atoms with E-state index >= 15 is 0 Å². The first-order chi connectivity index (χ1) is 6.41. The van der Waals surface area contributed by atoms with E-state index < -0.39 is 10.1 Å². The number of oxime groups is 1. The van der Waals surface area contributed by atoms with Crippen LogP contribution in [0.15, 0.2) is 5.16 Å². The van der Waals surface area contributed by atoms with Gasteiger partial charge in [0.15, 0.2) is 0 Å². The molecule has 14 heavy (non-hydrogen) atoms. The lowest BCUT2D eigenvalue weighted by molar-refractivity contribution is 0.316. The fourth-order valence-electron chi connectivity index (χ4n) is 0.649. The highest BCUT2D eigenvalue weighted by molar-refractivity contribution is 7.85. The van der Waals surface area contributed by atoms with E-state index in [0.29, 0.717) is 6.42 Å². The van der Waals surface area contributed by atoms with Crippen molar-refractivity contribution in [1.29, 1.82) is 0 Å². The van der Waals surface area contributed by atoms with E-state index in [4.69, 9.17) is 9.76 Å². The molecule has 0 rings (SSSR count). The highest BCUT2D eigenvalue weighted by Gasteiger charge is 1.98. The molecule has 0 atom stereocenters. The maximum atomic E-state index is 9.79. The molecule has 86 valence electrons. The lowest BCUT2D eigenvalue weighted by Gasteiger charge is -1.89. The monoisotopic (exact) mass is 225 g/mol. The molecule has 0 amide bonds. The fraction of sp³-hybridized carbons (Fsp3) is 0.875. The number of hydrogen-bond donors (Lipinski definition) is 2. The van der Waals surface area contributed by atoms with Crippen LogP contribution in [0.1, 0.15) is 40.0 Å². The summed E-state index contributed by atoms with van der Waals surface area (Å²) in [5.41, 5.74) is 0.861. The molecule has 0 aliphatic heterocycles. The first kappa shape index (κ1) is 15.8. The third-order valence-corrected chi connectivity index (χ3v) is 2.34. The van der Waals surface area contributed by atoms with E-state index in [2.05, 4.69) is 5.16 Å². The molecule has 5 nitrogen and oxygen atoms in total. The summed E-state index contributed by atoms with van der Waals surface area (Å²) in [5.74, 6) is -0.132. The third-order valence-electron chi connectivity index (χ3n) is 1.42. The summed E-state index contributed by atoms with van der Waals surface area (Å²) in [4.78, 5) is 0. The average molecular weight is 225 g/mol. The molecule has 2 N–H and O–H groups in total. The number of nitrogens with zero attached hydrogens (tertiary/aromatic N) is 1. The SMILES string of the molecule is CCC(CC)=NO.CCCS(=O)(=O)O.